The third kappa shape index (κ3) is 123. The Morgan fingerprint density at radius 2 is 1.43 bits per heavy atom. The summed E-state index contributed by atoms with van der Waals surface area (Å²) >= 11 is 0. The Kier molecular flexibility index (Phi) is 60.0. The first kappa shape index (κ1) is 15.7. The third-order valence-corrected chi connectivity index (χ3v) is 0. The fourth-order valence-electron chi connectivity index (χ4n) is 0. The molecule has 0 aliphatic heterocycles. The van der Waals surface area contributed by atoms with Crippen LogP contribution in [-0.2, 0) is 0 Å². The van der Waals surface area contributed by atoms with Crippen molar-refractivity contribution < 1.29 is 39.9 Å². The van der Waals surface area contributed by atoms with Gasteiger partial charge >= 0.3 is 39.9 Å². The van der Waals surface area contributed by atoms with Gasteiger partial charge in [0.1, 0.15) is 0 Å². The molecule has 0 fully saturated rings. The first-order valence-electron chi connectivity index (χ1n) is 2.22. The van der Waals surface area contributed by atoms with Crippen LogP contribution >= 0.6 is 0 Å². The third-order valence-electron chi connectivity index (χ3n) is 0. The number of rotatable bonds is 0. The van der Waals surface area contributed by atoms with Crippen LogP contribution in [0.4, 0.5) is 0 Å². The van der Waals surface area contributed by atoms with Gasteiger partial charge in [0.05, 0.1) is 0 Å². The van der Waals surface area contributed by atoms with E-state index < -0.39 is 0 Å². The second-order valence-corrected chi connectivity index (χ2v) is 0.931. The largest absolute Gasteiger partial charge is 2.00 e. The van der Waals surface area contributed by atoms with Crippen LogP contribution in [0.25, 0.3) is 5.73 Å². The van der Waals surface area contributed by atoms with Crippen molar-refractivity contribution in [2.24, 2.45) is 0 Å². The zero-order valence-electron chi connectivity index (χ0n) is 5.28. The SMILES string of the molecule is CC[NH-].C[CH-]C.[Th+2]. The second kappa shape index (κ2) is 26.7. The molecule has 7 heavy (non-hydrogen) atoms. The molecule has 0 radical (unpaired) electrons. The smallest absolute Gasteiger partial charge is 0.678 e. The van der Waals surface area contributed by atoms with E-state index in [0.29, 0.717) is 6.54 Å². The van der Waals surface area contributed by atoms with E-state index in [0.717, 1.165) is 0 Å². The number of hydrogen-bond acceptors (Lipinski definition) is 0. The van der Waals surface area contributed by atoms with Crippen LogP contribution in [0.3, 0.4) is 0 Å². The van der Waals surface area contributed by atoms with Gasteiger partial charge in [-0.05, 0) is 0 Å². The van der Waals surface area contributed by atoms with E-state index in [1.807, 2.05) is 20.3 Å². The van der Waals surface area contributed by atoms with Crippen molar-refractivity contribution in [2.45, 2.75) is 20.8 Å². The summed E-state index contributed by atoms with van der Waals surface area (Å²) in [6, 6.07) is 0. The molecule has 0 saturated carbocycles. The summed E-state index contributed by atoms with van der Waals surface area (Å²) in [7, 11) is 0. The fraction of sp³-hybridized carbons (Fsp3) is 0.800. The van der Waals surface area contributed by atoms with Gasteiger partial charge in [-0.3, -0.25) is 0 Å². The quantitative estimate of drug-likeness (QED) is 0.612. The Bertz CT molecular complexity index is 10.0. The zero-order valence-corrected chi connectivity index (χ0v) is 9.39. The molecule has 0 aliphatic carbocycles. The van der Waals surface area contributed by atoms with Crippen LogP contribution in [0.1, 0.15) is 20.8 Å². The Balaban J connectivity index is -0.0000000400. The standard InChI is InChI=1S/C3H7.C2H6N.Th/c1-3-2;1-2-3;/h3H,1-2H3;3H,2H2,1H3;/q2*-1;+2. The maximum atomic E-state index is 6.21. The minimum atomic E-state index is 0. The van der Waals surface area contributed by atoms with Crippen LogP contribution < -0.4 is 0 Å². The van der Waals surface area contributed by atoms with Crippen LogP contribution in [0.2, 0.25) is 0 Å². The van der Waals surface area contributed by atoms with E-state index in [-0.39, 0.29) is 39.9 Å². The summed E-state index contributed by atoms with van der Waals surface area (Å²) in [6.45, 7) is 6.29. The minimum Gasteiger partial charge on any atom is -0.678 e. The molecule has 0 aromatic rings. The molecule has 0 rings (SSSR count). The van der Waals surface area contributed by atoms with E-state index in [9.17, 15) is 0 Å². The van der Waals surface area contributed by atoms with Crippen molar-refractivity contribution in [1.29, 1.82) is 0 Å². The molecule has 0 amide bonds. The summed E-state index contributed by atoms with van der Waals surface area (Å²) < 4.78 is 0. The molecule has 1 N–H and O–H groups in total. The summed E-state index contributed by atoms with van der Waals surface area (Å²) in [6.07, 6.45) is 2.00. The van der Waals surface area contributed by atoms with Crippen LogP contribution in [0.15, 0.2) is 0 Å². The monoisotopic (exact) mass is 319 g/mol. The van der Waals surface area contributed by atoms with Crippen molar-refractivity contribution in [3.8, 4) is 0 Å². The van der Waals surface area contributed by atoms with E-state index in [4.69, 9.17) is 5.73 Å². The molecule has 2 heteroatoms. The summed E-state index contributed by atoms with van der Waals surface area (Å²) in [5.41, 5.74) is 6.21. The summed E-state index contributed by atoms with van der Waals surface area (Å²) in [5.74, 6) is 0. The molecule has 0 aromatic heterocycles. The Hall–Kier alpha value is 1.28. The average molecular weight is 319 g/mol. The molecule has 0 unspecified atom stereocenters. The van der Waals surface area contributed by atoms with Gasteiger partial charge in [0.25, 0.3) is 0 Å². The molecule has 42 valence electrons. The Morgan fingerprint density at radius 1 is 1.43 bits per heavy atom. The van der Waals surface area contributed by atoms with Gasteiger partial charge in [0.15, 0.2) is 0 Å². The molecular weight excluding hydrogens is 306 g/mol. The Morgan fingerprint density at radius 3 is 1.43 bits per heavy atom. The van der Waals surface area contributed by atoms with Crippen LogP contribution in [0.5, 0.6) is 0 Å². The van der Waals surface area contributed by atoms with E-state index in [1.165, 1.54) is 0 Å². The predicted molar refractivity (Wildman–Crippen MR) is 30.5 cm³/mol. The topological polar surface area (TPSA) is 23.8 Å². The molecule has 0 bridgehead atoms. The fourth-order valence-corrected chi connectivity index (χ4v) is 0. The van der Waals surface area contributed by atoms with Gasteiger partial charge in [0.2, 0.25) is 0 Å². The average Bonchev–Trinajstić information content (AvgIpc) is 1.39. The molecule has 0 aromatic carbocycles. The van der Waals surface area contributed by atoms with E-state index in [1.54, 1.807) is 6.92 Å². The molecular formula is C5H13NTh. The maximum Gasteiger partial charge on any atom is 2.00 e. The molecule has 0 spiro atoms. The van der Waals surface area contributed by atoms with Gasteiger partial charge in [-0.2, -0.15) is 20.4 Å². The van der Waals surface area contributed by atoms with E-state index >= 15 is 0 Å². The van der Waals surface area contributed by atoms with Crippen molar-refractivity contribution in [2.75, 3.05) is 6.54 Å². The maximum absolute atomic E-state index is 6.21. The predicted octanol–water partition coefficient (Wildman–Crippen LogP) is 2.29. The molecule has 0 heterocycles. The first-order chi connectivity index (χ1) is 2.83. The van der Waals surface area contributed by atoms with Gasteiger partial charge < -0.3 is 12.2 Å². The van der Waals surface area contributed by atoms with E-state index in [2.05, 4.69) is 0 Å². The van der Waals surface area contributed by atoms with Gasteiger partial charge in [-0.25, -0.2) is 0 Å². The van der Waals surface area contributed by atoms with Gasteiger partial charge in [-0.1, -0.05) is 6.92 Å². The van der Waals surface area contributed by atoms with Crippen molar-refractivity contribution >= 4 is 0 Å². The Labute approximate surface area is 78.7 Å². The summed E-state index contributed by atoms with van der Waals surface area (Å²) in [4.78, 5) is 0. The van der Waals surface area contributed by atoms with Crippen LogP contribution in [0, 0.1) is 46.4 Å². The molecule has 0 atom stereocenters. The first-order valence-corrected chi connectivity index (χ1v) is 2.22. The van der Waals surface area contributed by atoms with Crippen molar-refractivity contribution in [1.82, 2.24) is 0 Å². The van der Waals surface area contributed by atoms with Gasteiger partial charge in [-0.15, -0.1) is 0 Å². The van der Waals surface area contributed by atoms with Crippen molar-refractivity contribution in [3.63, 3.8) is 0 Å². The number of nitrogens with one attached hydrogen (secondary N) is 1. The zero-order chi connectivity index (χ0) is 5.41. The van der Waals surface area contributed by atoms with Crippen LogP contribution in [-0.4, -0.2) is 6.54 Å². The molecule has 0 aliphatic rings. The molecule has 1 nitrogen and oxygen atoms in total. The van der Waals surface area contributed by atoms with Gasteiger partial charge in [0, 0.05) is 0 Å². The molecule has 0 saturated heterocycles. The van der Waals surface area contributed by atoms with Crippen molar-refractivity contribution in [3.05, 3.63) is 12.2 Å². The second-order valence-electron chi connectivity index (χ2n) is 0.931. The minimum absolute atomic E-state index is 0. The normalized spacial score (nSPS) is 5.14. The summed E-state index contributed by atoms with van der Waals surface area (Å²) in [5, 5.41) is 0. The number of hydrogen-bond donors (Lipinski definition) is 0.